The number of fused-ring (bicyclic) bond motifs is 5. The van der Waals surface area contributed by atoms with E-state index in [4.69, 9.17) is 0 Å². The molecule has 0 aromatic rings. The van der Waals surface area contributed by atoms with Gasteiger partial charge in [0.1, 0.15) is 5.78 Å². The molecule has 30 heavy (non-hydrogen) atoms. The van der Waals surface area contributed by atoms with Crippen molar-refractivity contribution in [1.82, 2.24) is 0 Å². The van der Waals surface area contributed by atoms with E-state index in [1.165, 1.54) is 70.6 Å². The zero-order chi connectivity index (χ0) is 21.7. The number of rotatable bonds is 6. The van der Waals surface area contributed by atoms with Gasteiger partial charge in [0, 0.05) is 12.3 Å². The van der Waals surface area contributed by atoms with Crippen LogP contribution in [0.3, 0.4) is 0 Å². The zero-order valence-corrected chi connectivity index (χ0v) is 21.0. The fraction of sp³-hybridized carbons (Fsp3) is 0.966. The largest absolute Gasteiger partial charge is 0.299 e. The molecule has 4 aliphatic carbocycles. The van der Waals surface area contributed by atoms with Gasteiger partial charge in [0.2, 0.25) is 0 Å². The predicted octanol–water partition coefficient (Wildman–Crippen LogP) is 8.31. The van der Waals surface area contributed by atoms with Crippen molar-refractivity contribution in [2.75, 3.05) is 0 Å². The molecule has 0 aliphatic heterocycles. The SMILES string of the molecule is CC[C@H](CC[C@@H](C)[C@H]1CC(=O)[C@@H]2[C@@H]3CC[C@H]4CCCC[C@]4(C)[C@H]3CC[C@]12C)C(C)C. The first-order valence-corrected chi connectivity index (χ1v) is 13.7. The lowest BCUT2D eigenvalue weighted by Crippen LogP contribution is -2.54. The van der Waals surface area contributed by atoms with E-state index in [9.17, 15) is 4.79 Å². The van der Waals surface area contributed by atoms with Crippen LogP contribution >= 0.6 is 0 Å². The lowest BCUT2D eigenvalue weighted by Gasteiger charge is -2.60. The van der Waals surface area contributed by atoms with Crippen molar-refractivity contribution in [1.29, 1.82) is 0 Å². The van der Waals surface area contributed by atoms with Crippen molar-refractivity contribution in [2.45, 2.75) is 119 Å². The third kappa shape index (κ3) is 3.63. The van der Waals surface area contributed by atoms with E-state index in [-0.39, 0.29) is 5.41 Å². The van der Waals surface area contributed by atoms with Gasteiger partial charge in [-0.2, -0.15) is 0 Å². The van der Waals surface area contributed by atoms with Crippen LogP contribution in [0.15, 0.2) is 0 Å². The van der Waals surface area contributed by atoms with Crippen LogP contribution in [0.2, 0.25) is 0 Å². The smallest absolute Gasteiger partial charge is 0.137 e. The minimum absolute atomic E-state index is 0.287. The van der Waals surface area contributed by atoms with Crippen molar-refractivity contribution < 1.29 is 4.79 Å². The van der Waals surface area contributed by atoms with Gasteiger partial charge in [-0.15, -0.1) is 0 Å². The average Bonchev–Trinajstić information content (AvgIpc) is 2.98. The summed E-state index contributed by atoms with van der Waals surface area (Å²) in [7, 11) is 0. The maximum absolute atomic E-state index is 13.6. The lowest BCUT2D eigenvalue weighted by atomic mass is 9.44. The van der Waals surface area contributed by atoms with Gasteiger partial charge in [-0.1, -0.05) is 67.2 Å². The molecule has 0 saturated heterocycles. The maximum atomic E-state index is 13.6. The molecule has 4 fully saturated rings. The third-order valence-corrected chi connectivity index (χ3v) is 11.6. The van der Waals surface area contributed by atoms with Gasteiger partial charge in [-0.05, 0) is 97.2 Å². The van der Waals surface area contributed by atoms with Crippen molar-refractivity contribution in [3.05, 3.63) is 0 Å². The first-order chi connectivity index (χ1) is 14.2. The van der Waals surface area contributed by atoms with Crippen LogP contribution in [0.5, 0.6) is 0 Å². The van der Waals surface area contributed by atoms with Gasteiger partial charge >= 0.3 is 0 Å². The molecule has 0 unspecified atom stereocenters. The first kappa shape index (κ1) is 22.8. The Hall–Kier alpha value is -0.330. The standard InChI is InChI=1S/C29H50O/c1-7-21(19(2)3)12-11-20(4)25-18-26(30)27-23-14-13-22-10-8-9-16-28(22,5)24(23)15-17-29(25,27)6/h19-25,27H,7-18H2,1-6H3/t20-,21-,22-,23-,24+,25-,27+,28+,29-/m1/s1. The summed E-state index contributed by atoms with van der Waals surface area (Å²) < 4.78 is 0. The summed E-state index contributed by atoms with van der Waals surface area (Å²) >= 11 is 0. The normalized spacial score (nSPS) is 45.6. The second-order valence-corrected chi connectivity index (χ2v) is 13.1. The van der Waals surface area contributed by atoms with Crippen LogP contribution in [0.1, 0.15) is 119 Å². The highest BCUT2D eigenvalue weighted by atomic mass is 16.1. The van der Waals surface area contributed by atoms with Gasteiger partial charge < -0.3 is 0 Å². The van der Waals surface area contributed by atoms with Gasteiger partial charge in [0.05, 0.1) is 0 Å². The Balaban J connectivity index is 1.50. The second-order valence-electron chi connectivity index (χ2n) is 13.1. The van der Waals surface area contributed by atoms with Crippen molar-refractivity contribution >= 4 is 5.78 Å². The Morgan fingerprint density at radius 3 is 2.40 bits per heavy atom. The quantitative estimate of drug-likeness (QED) is 0.427. The van der Waals surface area contributed by atoms with Crippen LogP contribution in [-0.4, -0.2) is 5.78 Å². The minimum atomic E-state index is 0.287. The summed E-state index contributed by atoms with van der Waals surface area (Å²) in [4.78, 5) is 13.6. The number of Topliss-reactive ketones (excluding diaryl/α,β-unsaturated/α-hetero) is 1. The summed E-state index contributed by atoms with van der Waals surface area (Å²) in [6.45, 7) is 14.8. The molecule has 0 amide bonds. The molecule has 0 spiro atoms. The van der Waals surface area contributed by atoms with E-state index < -0.39 is 0 Å². The number of hydrogen-bond donors (Lipinski definition) is 0. The molecule has 172 valence electrons. The molecule has 0 N–H and O–H groups in total. The van der Waals surface area contributed by atoms with Crippen molar-refractivity contribution in [2.24, 2.45) is 58.2 Å². The van der Waals surface area contributed by atoms with Crippen molar-refractivity contribution in [3.63, 3.8) is 0 Å². The molecule has 0 aromatic heterocycles. The fourth-order valence-electron chi connectivity index (χ4n) is 9.67. The van der Waals surface area contributed by atoms with Gasteiger partial charge in [-0.3, -0.25) is 4.79 Å². The highest BCUT2D eigenvalue weighted by molar-refractivity contribution is 5.85. The Kier molecular flexibility index (Phi) is 6.51. The summed E-state index contributed by atoms with van der Waals surface area (Å²) in [6, 6.07) is 0. The van der Waals surface area contributed by atoms with Crippen LogP contribution in [0, 0.1) is 58.2 Å². The molecule has 1 heteroatoms. The zero-order valence-electron chi connectivity index (χ0n) is 21.0. The highest BCUT2D eigenvalue weighted by Crippen LogP contribution is 2.67. The third-order valence-electron chi connectivity index (χ3n) is 11.6. The first-order valence-electron chi connectivity index (χ1n) is 13.7. The topological polar surface area (TPSA) is 17.1 Å². The number of carbonyl (C=O) groups is 1. The monoisotopic (exact) mass is 414 g/mol. The summed E-state index contributed by atoms with van der Waals surface area (Å²) in [5, 5.41) is 0. The Morgan fingerprint density at radius 1 is 0.933 bits per heavy atom. The number of carbonyl (C=O) groups excluding carboxylic acids is 1. The summed E-state index contributed by atoms with van der Waals surface area (Å²) in [5.41, 5.74) is 0.827. The molecule has 0 bridgehead atoms. The molecule has 0 aromatic carbocycles. The van der Waals surface area contributed by atoms with E-state index in [1.807, 2.05) is 0 Å². The van der Waals surface area contributed by atoms with E-state index >= 15 is 0 Å². The van der Waals surface area contributed by atoms with E-state index in [0.29, 0.717) is 34.9 Å². The molecule has 4 rings (SSSR count). The summed E-state index contributed by atoms with van der Waals surface area (Å²) in [6.07, 6.45) is 16.1. The Labute approximate surface area is 187 Å². The molecule has 4 aliphatic rings. The lowest BCUT2D eigenvalue weighted by molar-refractivity contribution is -0.141. The average molecular weight is 415 g/mol. The molecule has 4 saturated carbocycles. The van der Waals surface area contributed by atoms with Crippen LogP contribution < -0.4 is 0 Å². The van der Waals surface area contributed by atoms with Gasteiger partial charge in [0.15, 0.2) is 0 Å². The van der Waals surface area contributed by atoms with Gasteiger partial charge in [-0.25, -0.2) is 0 Å². The predicted molar refractivity (Wildman–Crippen MR) is 127 cm³/mol. The van der Waals surface area contributed by atoms with E-state index in [0.717, 1.165) is 30.1 Å². The van der Waals surface area contributed by atoms with E-state index in [2.05, 4.69) is 41.5 Å². The maximum Gasteiger partial charge on any atom is 0.137 e. The summed E-state index contributed by atoms with van der Waals surface area (Å²) in [5.74, 6) is 6.51. The molecular formula is C29H50O. The Morgan fingerprint density at radius 2 is 1.70 bits per heavy atom. The number of hydrogen-bond acceptors (Lipinski definition) is 1. The van der Waals surface area contributed by atoms with Crippen LogP contribution in [0.4, 0.5) is 0 Å². The Bertz CT molecular complexity index is 622. The molecule has 0 heterocycles. The molecule has 1 nitrogen and oxygen atoms in total. The van der Waals surface area contributed by atoms with Gasteiger partial charge in [0.25, 0.3) is 0 Å². The number of ketones is 1. The second kappa shape index (κ2) is 8.55. The molecule has 9 atom stereocenters. The fourth-order valence-corrected chi connectivity index (χ4v) is 9.67. The van der Waals surface area contributed by atoms with Crippen molar-refractivity contribution in [3.8, 4) is 0 Å². The minimum Gasteiger partial charge on any atom is -0.299 e. The van der Waals surface area contributed by atoms with Crippen LogP contribution in [0.25, 0.3) is 0 Å². The van der Waals surface area contributed by atoms with Crippen LogP contribution in [-0.2, 0) is 4.79 Å². The van der Waals surface area contributed by atoms with E-state index in [1.54, 1.807) is 0 Å². The highest BCUT2D eigenvalue weighted by Gasteiger charge is 2.62. The molecule has 0 radical (unpaired) electrons. The molecular weight excluding hydrogens is 364 g/mol.